The Morgan fingerprint density at radius 1 is 1.22 bits per heavy atom. The quantitative estimate of drug-likeness (QED) is 0.853. The van der Waals surface area contributed by atoms with Crippen LogP contribution >= 0.6 is 0 Å². The van der Waals surface area contributed by atoms with Gasteiger partial charge < -0.3 is 14.8 Å². The zero-order valence-electron chi connectivity index (χ0n) is 13.2. The lowest BCUT2D eigenvalue weighted by Crippen LogP contribution is -2.30. The summed E-state index contributed by atoms with van der Waals surface area (Å²) in [6.45, 7) is 2.13. The third kappa shape index (κ3) is 5.38. The number of carbonyl (C=O) groups is 1. The minimum absolute atomic E-state index is 0.0389. The first-order valence-electron chi connectivity index (χ1n) is 7.34. The largest absolute Gasteiger partial charge is 0.497 e. The second-order valence-electron chi connectivity index (χ2n) is 5.19. The zero-order valence-corrected chi connectivity index (χ0v) is 13.2. The minimum atomic E-state index is -0.297. The maximum Gasteiger partial charge on any atom is 0.246 e. The lowest BCUT2D eigenvalue weighted by Gasteiger charge is -2.14. The second-order valence-corrected chi connectivity index (χ2v) is 5.19. The van der Waals surface area contributed by atoms with Gasteiger partial charge in [-0.1, -0.05) is 24.3 Å². The third-order valence-electron chi connectivity index (χ3n) is 3.38. The van der Waals surface area contributed by atoms with Crippen molar-refractivity contribution in [1.29, 1.82) is 0 Å². The SMILES string of the molecule is COc1cccc(COCC(=O)NC(C)c2ccc(F)cc2)c1. The van der Waals surface area contributed by atoms with Gasteiger partial charge in [0.15, 0.2) is 0 Å². The molecule has 1 amide bonds. The number of nitrogens with one attached hydrogen (secondary N) is 1. The van der Waals surface area contributed by atoms with Gasteiger partial charge in [0.2, 0.25) is 5.91 Å². The average Bonchev–Trinajstić information content (AvgIpc) is 2.55. The molecule has 0 bridgehead atoms. The van der Waals surface area contributed by atoms with E-state index in [4.69, 9.17) is 9.47 Å². The van der Waals surface area contributed by atoms with E-state index in [0.29, 0.717) is 6.61 Å². The maximum atomic E-state index is 12.9. The number of hydrogen-bond donors (Lipinski definition) is 1. The Hall–Kier alpha value is -2.40. The number of ether oxygens (including phenoxy) is 2. The van der Waals surface area contributed by atoms with Gasteiger partial charge in [0.25, 0.3) is 0 Å². The van der Waals surface area contributed by atoms with Crippen LogP contribution in [0.2, 0.25) is 0 Å². The highest BCUT2D eigenvalue weighted by Crippen LogP contribution is 2.14. The summed E-state index contributed by atoms with van der Waals surface area (Å²) >= 11 is 0. The molecule has 2 rings (SSSR count). The van der Waals surface area contributed by atoms with Gasteiger partial charge in [-0.05, 0) is 42.3 Å². The van der Waals surface area contributed by atoms with E-state index in [1.54, 1.807) is 19.2 Å². The van der Waals surface area contributed by atoms with Gasteiger partial charge in [-0.3, -0.25) is 4.79 Å². The van der Waals surface area contributed by atoms with Crippen molar-refractivity contribution in [3.05, 3.63) is 65.5 Å². The number of rotatable bonds is 7. The van der Waals surface area contributed by atoms with Crippen LogP contribution in [0.1, 0.15) is 24.1 Å². The van der Waals surface area contributed by atoms with Gasteiger partial charge in [0.1, 0.15) is 18.2 Å². The molecule has 5 heteroatoms. The van der Waals surface area contributed by atoms with Crippen molar-refractivity contribution < 1.29 is 18.7 Å². The van der Waals surface area contributed by atoms with Gasteiger partial charge in [0.05, 0.1) is 19.8 Å². The molecule has 0 spiro atoms. The Balaban J connectivity index is 1.77. The number of carbonyl (C=O) groups excluding carboxylic acids is 1. The molecule has 4 nitrogen and oxygen atoms in total. The van der Waals surface area contributed by atoms with E-state index in [1.165, 1.54) is 12.1 Å². The molecule has 0 heterocycles. The number of hydrogen-bond acceptors (Lipinski definition) is 3. The molecule has 0 aliphatic rings. The van der Waals surface area contributed by atoms with Gasteiger partial charge in [-0.2, -0.15) is 0 Å². The fraction of sp³-hybridized carbons (Fsp3) is 0.278. The van der Waals surface area contributed by atoms with Crippen LogP contribution < -0.4 is 10.1 Å². The molecule has 0 saturated carbocycles. The maximum absolute atomic E-state index is 12.9. The highest BCUT2D eigenvalue weighted by Gasteiger charge is 2.09. The summed E-state index contributed by atoms with van der Waals surface area (Å²) in [4.78, 5) is 11.9. The highest BCUT2D eigenvalue weighted by molar-refractivity contribution is 5.77. The van der Waals surface area contributed by atoms with Crippen molar-refractivity contribution in [2.45, 2.75) is 19.6 Å². The molecule has 0 aromatic heterocycles. The Bertz CT molecular complexity index is 643. The minimum Gasteiger partial charge on any atom is -0.497 e. The zero-order chi connectivity index (χ0) is 16.7. The first kappa shape index (κ1) is 17.0. The Kier molecular flexibility index (Phi) is 6.11. The van der Waals surface area contributed by atoms with E-state index in [9.17, 15) is 9.18 Å². The molecule has 1 unspecified atom stereocenters. The van der Waals surface area contributed by atoms with Crippen LogP contribution in [-0.2, 0) is 16.1 Å². The number of halogens is 1. The molecule has 1 atom stereocenters. The number of benzene rings is 2. The summed E-state index contributed by atoms with van der Waals surface area (Å²) in [6, 6.07) is 13.3. The predicted molar refractivity (Wildman–Crippen MR) is 85.6 cm³/mol. The van der Waals surface area contributed by atoms with E-state index < -0.39 is 0 Å². The lowest BCUT2D eigenvalue weighted by molar-refractivity contribution is -0.126. The van der Waals surface area contributed by atoms with Crippen LogP contribution in [0, 0.1) is 5.82 Å². The van der Waals surface area contributed by atoms with E-state index in [0.717, 1.165) is 16.9 Å². The van der Waals surface area contributed by atoms with Crippen molar-refractivity contribution in [3.8, 4) is 5.75 Å². The van der Waals surface area contributed by atoms with E-state index in [2.05, 4.69) is 5.32 Å². The molecule has 1 N–H and O–H groups in total. The van der Waals surface area contributed by atoms with E-state index >= 15 is 0 Å². The number of methoxy groups -OCH3 is 1. The van der Waals surface area contributed by atoms with Gasteiger partial charge in [-0.25, -0.2) is 4.39 Å². The molecule has 122 valence electrons. The lowest BCUT2D eigenvalue weighted by atomic mass is 10.1. The first-order chi connectivity index (χ1) is 11.1. The Morgan fingerprint density at radius 3 is 2.65 bits per heavy atom. The summed E-state index contributed by atoms with van der Waals surface area (Å²) < 4.78 is 23.4. The van der Waals surface area contributed by atoms with Crippen molar-refractivity contribution in [3.63, 3.8) is 0 Å². The summed E-state index contributed by atoms with van der Waals surface area (Å²) in [6.07, 6.45) is 0. The molecule has 2 aromatic rings. The van der Waals surface area contributed by atoms with Crippen LogP contribution in [0.25, 0.3) is 0 Å². The summed E-state index contributed by atoms with van der Waals surface area (Å²) in [5.74, 6) is 0.235. The molecular weight excluding hydrogens is 297 g/mol. The smallest absolute Gasteiger partial charge is 0.246 e. The van der Waals surface area contributed by atoms with Crippen molar-refractivity contribution in [2.75, 3.05) is 13.7 Å². The van der Waals surface area contributed by atoms with Crippen LogP contribution in [0.15, 0.2) is 48.5 Å². The van der Waals surface area contributed by atoms with Crippen LogP contribution in [-0.4, -0.2) is 19.6 Å². The average molecular weight is 317 g/mol. The van der Waals surface area contributed by atoms with Gasteiger partial charge in [-0.15, -0.1) is 0 Å². The molecule has 23 heavy (non-hydrogen) atoms. The van der Waals surface area contributed by atoms with Crippen molar-refractivity contribution >= 4 is 5.91 Å². The molecular formula is C18H20FNO3. The van der Waals surface area contributed by atoms with Crippen LogP contribution in [0.5, 0.6) is 5.75 Å². The molecule has 2 aromatic carbocycles. The molecule has 0 saturated heterocycles. The Morgan fingerprint density at radius 2 is 1.96 bits per heavy atom. The third-order valence-corrected chi connectivity index (χ3v) is 3.38. The standard InChI is InChI=1S/C18H20FNO3/c1-13(15-6-8-16(19)9-7-15)20-18(21)12-23-11-14-4-3-5-17(10-14)22-2/h3-10,13H,11-12H2,1-2H3,(H,20,21). The summed E-state index contributed by atoms with van der Waals surface area (Å²) in [5.41, 5.74) is 1.77. The van der Waals surface area contributed by atoms with Crippen molar-refractivity contribution in [1.82, 2.24) is 5.32 Å². The monoisotopic (exact) mass is 317 g/mol. The second kappa shape index (κ2) is 8.29. The molecule has 0 fully saturated rings. The first-order valence-corrected chi connectivity index (χ1v) is 7.34. The van der Waals surface area contributed by atoms with Crippen molar-refractivity contribution in [2.24, 2.45) is 0 Å². The predicted octanol–water partition coefficient (Wildman–Crippen LogP) is 3.23. The summed E-state index contributed by atoms with van der Waals surface area (Å²) in [7, 11) is 1.60. The fourth-order valence-electron chi connectivity index (χ4n) is 2.14. The van der Waals surface area contributed by atoms with E-state index in [-0.39, 0.29) is 24.4 Å². The topological polar surface area (TPSA) is 47.6 Å². The molecule has 0 aliphatic carbocycles. The number of amides is 1. The molecule has 0 radical (unpaired) electrons. The highest BCUT2D eigenvalue weighted by atomic mass is 19.1. The van der Waals surface area contributed by atoms with Gasteiger partial charge >= 0.3 is 0 Å². The van der Waals surface area contributed by atoms with E-state index in [1.807, 2.05) is 31.2 Å². The summed E-state index contributed by atoms with van der Waals surface area (Å²) in [5, 5.41) is 2.81. The van der Waals surface area contributed by atoms with Crippen LogP contribution in [0.4, 0.5) is 4.39 Å². The van der Waals surface area contributed by atoms with Crippen LogP contribution in [0.3, 0.4) is 0 Å². The van der Waals surface area contributed by atoms with Gasteiger partial charge in [0, 0.05) is 0 Å². The Labute approximate surface area is 135 Å². The normalized spacial score (nSPS) is 11.8. The fourth-order valence-corrected chi connectivity index (χ4v) is 2.14. The molecule has 0 aliphatic heterocycles.